The molecule has 0 unspecified atom stereocenters. The number of ether oxygens (including phenoxy) is 2. The van der Waals surface area contributed by atoms with Gasteiger partial charge in [-0.2, -0.15) is 4.98 Å². The molecule has 0 aliphatic heterocycles. The lowest BCUT2D eigenvalue weighted by molar-refractivity contribution is -0.139. The fraction of sp³-hybridized carbons (Fsp3) is 0.241. The van der Waals surface area contributed by atoms with Gasteiger partial charge in [-0.3, -0.25) is 0 Å². The second-order valence-electron chi connectivity index (χ2n) is 9.64. The van der Waals surface area contributed by atoms with Crippen molar-refractivity contribution < 1.29 is 28.7 Å². The van der Waals surface area contributed by atoms with Crippen LogP contribution in [0, 0.1) is 0 Å². The van der Waals surface area contributed by atoms with Crippen LogP contribution in [0.1, 0.15) is 26.3 Å². The monoisotopic (exact) mass is 515 g/mol. The second kappa shape index (κ2) is 11.2. The molecule has 0 fully saturated rings. The first-order chi connectivity index (χ1) is 18.1. The van der Waals surface area contributed by atoms with Gasteiger partial charge < -0.3 is 24.4 Å². The SMILES string of the molecule is COc1ccc(-c2nc(-c3ccc(C[C@H](NC(=O)OC(C)(C)C)C(=O)O)cc3)no2)cc1-c1ccccc1. The second-order valence-corrected chi connectivity index (χ2v) is 9.64. The van der Waals surface area contributed by atoms with Gasteiger partial charge >= 0.3 is 12.1 Å². The highest BCUT2D eigenvalue weighted by Gasteiger charge is 2.24. The number of methoxy groups -OCH3 is 1. The smallest absolute Gasteiger partial charge is 0.408 e. The van der Waals surface area contributed by atoms with Gasteiger partial charge in [-0.05, 0) is 50.1 Å². The summed E-state index contributed by atoms with van der Waals surface area (Å²) in [5, 5.41) is 16.1. The molecule has 4 aromatic rings. The van der Waals surface area contributed by atoms with E-state index in [4.69, 9.17) is 14.0 Å². The van der Waals surface area contributed by atoms with Gasteiger partial charge in [0, 0.05) is 23.1 Å². The Morgan fingerprint density at radius 3 is 2.29 bits per heavy atom. The van der Waals surface area contributed by atoms with Crippen LogP contribution < -0.4 is 10.1 Å². The molecule has 1 atom stereocenters. The third-order valence-corrected chi connectivity index (χ3v) is 5.60. The minimum Gasteiger partial charge on any atom is -0.496 e. The molecule has 0 saturated carbocycles. The predicted octanol–water partition coefficient (Wildman–Crippen LogP) is 5.60. The number of alkyl carbamates (subject to hydrolysis) is 1. The standard InChI is InChI=1S/C29H29N3O6/c1-29(2,3)37-28(35)30-23(27(33)34)16-18-10-12-20(13-11-18)25-31-26(38-32-25)21-14-15-24(36-4)22(17-21)19-8-6-5-7-9-19/h5-15,17,23H,16H2,1-4H3,(H,30,35)(H,33,34)/t23-/m0/s1. The third-order valence-electron chi connectivity index (χ3n) is 5.60. The van der Waals surface area contributed by atoms with Crippen LogP contribution in [0.3, 0.4) is 0 Å². The zero-order valence-corrected chi connectivity index (χ0v) is 21.6. The van der Waals surface area contributed by atoms with Crippen LogP contribution in [0.25, 0.3) is 34.0 Å². The molecular weight excluding hydrogens is 486 g/mol. The molecule has 0 spiro atoms. The zero-order chi connectivity index (χ0) is 27.3. The summed E-state index contributed by atoms with van der Waals surface area (Å²) in [4.78, 5) is 28.3. The van der Waals surface area contributed by atoms with E-state index in [0.717, 1.165) is 22.4 Å². The molecule has 9 nitrogen and oxygen atoms in total. The van der Waals surface area contributed by atoms with Gasteiger partial charge in [0.15, 0.2) is 0 Å². The van der Waals surface area contributed by atoms with Crippen molar-refractivity contribution in [2.75, 3.05) is 7.11 Å². The van der Waals surface area contributed by atoms with E-state index >= 15 is 0 Å². The summed E-state index contributed by atoms with van der Waals surface area (Å²) in [5.41, 5.74) is 3.34. The number of rotatable bonds is 8. The van der Waals surface area contributed by atoms with Gasteiger partial charge in [-0.1, -0.05) is 59.8 Å². The Hall–Kier alpha value is -4.66. The van der Waals surface area contributed by atoms with Gasteiger partial charge in [-0.15, -0.1) is 0 Å². The molecule has 1 aromatic heterocycles. The number of carbonyl (C=O) groups is 2. The molecule has 0 saturated heterocycles. The molecule has 4 rings (SSSR count). The fourth-order valence-corrected chi connectivity index (χ4v) is 3.82. The maximum atomic E-state index is 12.0. The number of aromatic nitrogens is 2. The lowest BCUT2D eigenvalue weighted by Gasteiger charge is -2.22. The Kier molecular flexibility index (Phi) is 7.76. The number of carboxylic acid groups (broad SMARTS) is 1. The fourth-order valence-electron chi connectivity index (χ4n) is 3.82. The van der Waals surface area contributed by atoms with E-state index in [0.29, 0.717) is 22.8 Å². The highest BCUT2D eigenvalue weighted by atomic mass is 16.6. The summed E-state index contributed by atoms with van der Waals surface area (Å²) in [5.74, 6) is 0.329. The quantitative estimate of drug-likeness (QED) is 0.311. The summed E-state index contributed by atoms with van der Waals surface area (Å²) in [6.07, 6.45) is -0.699. The van der Waals surface area contributed by atoms with Crippen molar-refractivity contribution >= 4 is 12.1 Å². The van der Waals surface area contributed by atoms with E-state index in [1.165, 1.54) is 0 Å². The maximum absolute atomic E-state index is 12.0. The van der Waals surface area contributed by atoms with Crippen molar-refractivity contribution in [2.45, 2.75) is 38.8 Å². The summed E-state index contributed by atoms with van der Waals surface area (Å²) in [6, 6.07) is 21.5. The van der Waals surface area contributed by atoms with Gasteiger partial charge in [0.25, 0.3) is 5.89 Å². The first-order valence-corrected chi connectivity index (χ1v) is 12.0. The van der Waals surface area contributed by atoms with Crippen LogP contribution in [-0.2, 0) is 16.0 Å². The Labute approximate surface area is 220 Å². The van der Waals surface area contributed by atoms with Crippen molar-refractivity contribution in [3.8, 4) is 39.7 Å². The Bertz CT molecular complexity index is 1410. The molecule has 196 valence electrons. The van der Waals surface area contributed by atoms with Crippen LogP contribution in [0.4, 0.5) is 4.79 Å². The van der Waals surface area contributed by atoms with Crippen LogP contribution in [0.15, 0.2) is 77.3 Å². The number of hydrogen-bond donors (Lipinski definition) is 2. The van der Waals surface area contributed by atoms with E-state index in [1.807, 2.05) is 48.5 Å². The largest absolute Gasteiger partial charge is 0.496 e. The maximum Gasteiger partial charge on any atom is 0.408 e. The van der Waals surface area contributed by atoms with Crippen molar-refractivity contribution in [3.05, 3.63) is 78.4 Å². The molecule has 3 aromatic carbocycles. The van der Waals surface area contributed by atoms with Gasteiger partial charge in [-0.25, -0.2) is 9.59 Å². The molecule has 0 bridgehead atoms. The van der Waals surface area contributed by atoms with Crippen molar-refractivity contribution in [3.63, 3.8) is 0 Å². The summed E-state index contributed by atoms with van der Waals surface area (Å²) in [7, 11) is 1.63. The number of amides is 1. The van der Waals surface area contributed by atoms with Crippen molar-refractivity contribution in [1.29, 1.82) is 0 Å². The molecule has 38 heavy (non-hydrogen) atoms. The number of hydrogen-bond acceptors (Lipinski definition) is 7. The van der Waals surface area contributed by atoms with E-state index in [9.17, 15) is 14.7 Å². The molecule has 1 heterocycles. The van der Waals surface area contributed by atoms with E-state index < -0.39 is 23.7 Å². The number of nitrogens with one attached hydrogen (secondary N) is 1. The zero-order valence-electron chi connectivity index (χ0n) is 21.6. The number of benzene rings is 3. The van der Waals surface area contributed by atoms with Crippen molar-refractivity contribution in [2.24, 2.45) is 0 Å². The minimum absolute atomic E-state index is 0.0838. The molecule has 0 aliphatic carbocycles. The summed E-state index contributed by atoms with van der Waals surface area (Å²) in [6.45, 7) is 5.13. The van der Waals surface area contributed by atoms with Gasteiger partial charge in [0.05, 0.1) is 7.11 Å². The molecule has 1 amide bonds. The molecule has 2 N–H and O–H groups in total. The predicted molar refractivity (Wildman–Crippen MR) is 142 cm³/mol. The Balaban J connectivity index is 1.50. The van der Waals surface area contributed by atoms with Crippen LogP contribution >= 0.6 is 0 Å². The van der Waals surface area contributed by atoms with Gasteiger partial charge in [0.2, 0.25) is 5.82 Å². The molecule has 9 heteroatoms. The molecule has 0 radical (unpaired) electrons. The highest BCUT2D eigenvalue weighted by Crippen LogP contribution is 2.34. The number of aliphatic carboxylic acids is 1. The van der Waals surface area contributed by atoms with E-state index in [2.05, 4.69) is 15.5 Å². The van der Waals surface area contributed by atoms with E-state index in [1.54, 1.807) is 52.1 Å². The summed E-state index contributed by atoms with van der Waals surface area (Å²) < 4.78 is 16.2. The van der Waals surface area contributed by atoms with E-state index in [-0.39, 0.29) is 6.42 Å². The average Bonchev–Trinajstić information content (AvgIpc) is 3.38. The highest BCUT2D eigenvalue weighted by molar-refractivity contribution is 5.80. The minimum atomic E-state index is -1.16. The van der Waals surface area contributed by atoms with Crippen molar-refractivity contribution in [1.82, 2.24) is 15.5 Å². The molecule has 0 aliphatic rings. The number of nitrogens with zero attached hydrogens (tertiary/aromatic N) is 2. The first kappa shape index (κ1) is 26.4. The third kappa shape index (κ3) is 6.56. The normalized spacial score (nSPS) is 12.0. The Morgan fingerprint density at radius 2 is 1.66 bits per heavy atom. The van der Waals surface area contributed by atoms with Crippen LogP contribution in [-0.4, -0.2) is 46.1 Å². The Morgan fingerprint density at radius 1 is 0.974 bits per heavy atom. The lowest BCUT2D eigenvalue weighted by atomic mass is 10.0. The lowest BCUT2D eigenvalue weighted by Crippen LogP contribution is -2.44. The number of carboxylic acids is 1. The first-order valence-electron chi connectivity index (χ1n) is 12.0. The van der Waals surface area contributed by atoms with Gasteiger partial charge in [0.1, 0.15) is 17.4 Å². The summed E-state index contributed by atoms with van der Waals surface area (Å²) >= 11 is 0. The van der Waals surface area contributed by atoms with Crippen LogP contribution in [0.2, 0.25) is 0 Å². The average molecular weight is 516 g/mol. The molecular formula is C29H29N3O6. The number of carbonyl (C=O) groups excluding carboxylic acids is 1. The topological polar surface area (TPSA) is 124 Å². The van der Waals surface area contributed by atoms with Crippen LogP contribution in [0.5, 0.6) is 5.75 Å².